The second-order valence-electron chi connectivity index (χ2n) is 4.76. The number of nitrogens with zero attached hydrogens (tertiary/aromatic N) is 2. The van der Waals surface area contributed by atoms with Crippen molar-refractivity contribution in [2.24, 2.45) is 16.4 Å². The first-order valence-electron chi connectivity index (χ1n) is 4.84. The van der Waals surface area contributed by atoms with Gasteiger partial charge in [0, 0.05) is 11.3 Å². The fraction of sp³-hybridized carbons (Fsp3) is 0.600. The molecule has 0 aliphatic heterocycles. The molecule has 0 saturated heterocycles. The number of fused-ring (bicyclic) bond motifs is 1. The van der Waals surface area contributed by atoms with Crippen LogP contribution in [0.4, 0.5) is 0 Å². The third kappa shape index (κ3) is 1.31. The van der Waals surface area contributed by atoms with Crippen molar-refractivity contribution in [3.05, 3.63) is 17.0 Å². The maximum Gasteiger partial charge on any atom is 0.0721 e. The Morgan fingerprint density at radius 3 is 2.79 bits per heavy atom. The summed E-state index contributed by atoms with van der Waals surface area (Å²) in [6.45, 7) is 6.44. The lowest BCUT2D eigenvalue weighted by atomic mass is 9.75. The molecular formula is C10H16N4. The molecule has 2 rings (SSSR count). The summed E-state index contributed by atoms with van der Waals surface area (Å²) in [7, 11) is 0. The van der Waals surface area contributed by atoms with Crippen LogP contribution in [-0.2, 0) is 6.42 Å². The Kier molecular flexibility index (Phi) is 1.87. The second kappa shape index (κ2) is 2.83. The molecule has 0 atom stereocenters. The van der Waals surface area contributed by atoms with Crippen LogP contribution < -0.4 is 5.84 Å². The molecule has 0 saturated carbocycles. The summed E-state index contributed by atoms with van der Waals surface area (Å²) in [6, 6.07) is 0. The molecule has 1 aromatic rings. The van der Waals surface area contributed by atoms with Gasteiger partial charge in [-0.3, -0.25) is 5.10 Å². The number of H-pyrrole nitrogens is 1. The molecule has 14 heavy (non-hydrogen) atoms. The SMILES string of the molecule is Cc1[nH]nc2c1/C(=N\N)CC(C)(C)C2. The van der Waals surface area contributed by atoms with Crippen LogP contribution in [0.1, 0.15) is 37.2 Å². The quantitative estimate of drug-likeness (QED) is 0.481. The standard InChI is InChI=1S/C10H16N4/c1-6-9-7(12-11)4-10(2,3)5-8(9)14-13-6/h4-5,11H2,1-3H3,(H,13,14)/b12-7-. The van der Waals surface area contributed by atoms with Crippen LogP contribution in [0.5, 0.6) is 0 Å². The van der Waals surface area contributed by atoms with E-state index in [0.29, 0.717) is 0 Å². The van der Waals surface area contributed by atoms with Gasteiger partial charge >= 0.3 is 0 Å². The zero-order valence-corrected chi connectivity index (χ0v) is 8.89. The lowest BCUT2D eigenvalue weighted by Crippen LogP contribution is -2.28. The lowest BCUT2D eigenvalue weighted by Gasteiger charge is -2.29. The van der Waals surface area contributed by atoms with E-state index in [1.807, 2.05) is 6.92 Å². The Balaban J connectivity index is 2.54. The van der Waals surface area contributed by atoms with Crippen molar-refractivity contribution in [1.82, 2.24) is 10.2 Å². The number of hydrazone groups is 1. The highest BCUT2D eigenvalue weighted by Crippen LogP contribution is 2.34. The topological polar surface area (TPSA) is 67.1 Å². The normalized spacial score (nSPS) is 22.4. The molecule has 0 unspecified atom stereocenters. The number of nitrogens with one attached hydrogen (secondary N) is 1. The number of rotatable bonds is 0. The minimum atomic E-state index is 0.215. The zero-order valence-electron chi connectivity index (χ0n) is 8.89. The Hall–Kier alpha value is -1.32. The van der Waals surface area contributed by atoms with Crippen LogP contribution in [-0.4, -0.2) is 15.9 Å². The molecule has 1 heterocycles. The summed E-state index contributed by atoms with van der Waals surface area (Å²) in [5.41, 5.74) is 4.49. The molecule has 76 valence electrons. The van der Waals surface area contributed by atoms with Crippen LogP contribution in [0.25, 0.3) is 0 Å². The number of aryl methyl sites for hydroxylation is 1. The summed E-state index contributed by atoms with van der Waals surface area (Å²) >= 11 is 0. The van der Waals surface area contributed by atoms with Gasteiger partial charge in [0.2, 0.25) is 0 Å². The van der Waals surface area contributed by atoms with Crippen molar-refractivity contribution >= 4 is 5.71 Å². The third-order valence-electron chi connectivity index (χ3n) is 2.76. The van der Waals surface area contributed by atoms with E-state index >= 15 is 0 Å². The molecule has 0 amide bonds. The van der Waals surface area contributed by atoms with Crippen molar-refractivity contribution in [2.75, 3.05) is 0 Å². The fourth-order valence-electron chi connectivity index (χ4n) is 2.16. The van der Waals surface area contributed by atoms with E-state index in [0.717, 1.165) is 35.5 Å². The molecule has 0 spiro atoms. The van der Waals surface area contributed by atoms with Crippen LogP contribution in [0, 0.1) is 12.3 Å². The smallest absolute Gasteiger partial charge is 0.0721 e. The summed E-state index contributed by atoms with van der Waals surface area (Å²) < 4.78 is 0. The highest BCUT2D eigenvalue weighted by Gasteiger charge is 2.32. The number of nitrogens with two attached hydrogens (primary N) is 1. The average Bonchev–Trinajstić information content (AvgIpc) is 2.44. The third-order valence-corrected chi connectivity index (χ3v) is 2.76. The Bertz CT molecular complexity index is 387. The van der Waals surface area contributed by atoms with Crippen LogP contribution in [0.2, 0.25) is 0 Å². The number of hydrogen-bond acceptors (Lipinski definition) is 3. The van der Waals surface area contributed by atoms with Gasteiger partial charge in [-0.1, -0.05) is 13.8 Å². The summed E-state index contributed by atoms with van der Waals surface area (Å²) in [5, 5.41) is 11.2. The summed E-state index contributed by atoms with van der Waals surface area (Å²) in [6.07, 6.45) is 1.92. The second-order valence-corrected chi connectivity index (χ2v) is 4.76. The molecule has 3 N–H and O–H groups in total. The Labute approximate surface area is 83.6 Å². The summed E-state index contributed by atoms with van der Waals surface area (Å²) in [5.74, 6) is 5.41. The minimum absolute atomic E-state index is 0.215. The molecule has 0 aromatic carbocycles. The van der Waals surface area contributed by atoms with Crippen molar-refractivity contribution in [1.29, 1.82) is 0 Å². The minimum Gasteiger partial charge on any atom is -0.323 e. The van der Waals surface area contributed by atoms with E-state index in [9.17, 15) is 0 Å². The van der Waals surface area contributed by atoms with Gasteiger partial charge in [-0.25, -0.2) is 0 Å². The monoisotopic (exact) mass is 192 g/mol. The number of aromatic amines is 1. The number of aromatic nitrogens is 2. The molecule has 4 heteroatoms. The first kappa shape index (κ1) is 9.24. The number of hydrogen-bond donors (Lipinski definition) is 2. The molecule has 0 radical (unpaired) electrons. The van der Waals surface area contributed by atoms with Crippen molar-refractivity contribution in [2.45, 2.75) is 33.6 Å². The van der Waals surface area contributed by atoms with Crippen LogP contribution in [0.3, 0.4) is 0 Å². The van der Waals surface area contributed by atoms with E-state index in [1.165, 1.54) is 0 Å². The first-order valence-corrected chi connectivity index (χ1v) is 4.84. The molecule has 0 bridgehead atoms. The van der Waals surface area contributed by atoms with Crippen LogP contribution in [0.15, 0.2) is 5.10 Å². The van der Waals surface area contributed by atoms with Gasteiger partial charge in [0.25, 0.3) is 0 Å². The highest BCUT2D eigenvalue weighted by molar-refractivity contribution is 6.03. The van der Waals surface area contributed by atoms with Crippen molar-refractivity contribution < 1.29 is 0 Å². The predicted octanol–water partition coefficient (Wildman–Crippen LogP) is 1.35. The van der Waals surface area contributed by atoms with Gasteiger partial charge in [-0.05, 0) is 25.2 Å². The van der Waals surface area contributed by atoms with E-state index in [1.54, 1.807) is 0 Å². The van der Waals surface area contributed by atoms with E-state index in [2.05, 4.69) is 29.1 Å². The fourth-order valence-corrected chi connectivity index (χ4v) is 2.16. The van der Waals surface area contributed by atoms with Gasteiger partial charge in [0.1, 0.15) is 0 Å². The van der Waals surface area contributed by atoms with E-state index < -0.39 is 0 Å². The Morgan fingerprint density at radius 2 is 2.14 bits per heavy atom. The van der Waals surface area contributed by atoms with Gasteiger partial charge in [0.05, 0.1) is 11.4 Å². The molecule has 1 aliphatic rings. The van der Waals surface area contributed by atoms with Gasteiger partial charge < -0.3 is 5.84 Å². The van der Waals surface area contributed by atoms with Gasteiger partial charge in [-0.2, -0.15) is 10.2 Å². The molecule has 1 aromatic heterocycles. The lowest BCUT2D eigenvalue weighted by molar-refractivity contribution is 0.368. The molecule has 4 nitrogen and oxygen atoms in total. The van der Waals surface area contributed by atoms with Crippen molar-refractivity contribution in [3.63, 3.8) is 0 Å². The predicted molar refractivity (Wildman–Crippen MR) is 56.2 cm³/mol. The molecule has 1 aliphatic carbocycles. The van der Waals surface area contributed by atoms with Crippen molar-refractivity contribution in [3.8, 4) is 0 Å². The van der Waals surface area contributed by atoms with E-state index in [4.69, 9.17) is 5.84 Å². The largest absolute Gasteiger partial charge is 0.323 e. The first-order chi connectivity index (χ1) is 6.53. The maximum absolute atomic E-state index is 5.41. The average molecular weight is 192 g/mol. The highest BCUT2D eigenvalue weighted by atomic mass is 15.2. The maximum atomic E-state index is 5.41. The van der Waals surface area contributed by atoms with Gasteiger partial charge in [-0.15, -0.1) is 0 Å². The molecule has 0 fully saturated rings. The van der Waals surface area contributed by atoms with E-state index in [-0.39, 0.29) is 5.41 Å². The molecular weight excluding hydrogens is 176 g/mol. The van der Waals surface area contributed by atoms with Crippen LogP contribution >= 0.6 is 0 Å². The van der Waals surface area contributed by atoms with Gasteiger partial charge in [0.15, 0.2) is 0 Å². The zero-order chi connectivity index (χ0) is 10.3. The Morgan fingerprint density at radius 1 is 1.43 bits per heavy atom. The summed E-state index contributed by atoms with van der Waals surface area (Å²) in [4.78, 5) is 0.